The highest BCUT2D eigenvalue weighted by Gasteiger charge is 2.55. The van der Waals surface area contributed by atoms with Crippen LogP contribution in [0.25, 0.3) is 0 Å². The van der Waals surface area contributed by atoms with Crippen LogP contribution in [0, 0.1) is 0 Å². The van der Waals surface area contributed by atoms with Crippen LogP contribution in [0.1, 0.15) is 35.2 Å². The van der Waals surface area contributed by atoms with Crippen LogP contribution in [-0.2, 0) is 21.5 Å². The lowest BCUT2D eigenvalue weighted by Crippen LogP contribution is -2.55. The van der Waals surface area contributed by atoms with Crippen molar-refractivity contribution < 1.29 is 14.6 Å². The summed E-state index contributed by atoms with van der Waals surface area (Å²) in [6, 6.07) is 16.1. The normalized spacial score (nSPS) is 25.4. The summed E-state index contributed by atoms with van der Waals surface area (Å²) >= 11 is 0. The zero-order valence-electron chi connectivity index (χ0n) is 13.0. The number of hydrogen-bond acceptors (Lipinski definition) is 4. The minimum atomic E-state index is -1.28. The topological polar surface area (TPSA) is 58.6 Å². The van der Waals surface area contributed by atoms with Gasteiger partial charge in [-0.3, -0.25) is 5.32 Å². The monoisotopic (exact) mass is 309 g/mol. The fourth-order valence-electron chi connectivity index (χ4n) is 4.05. The lowest BCUT2D eigenvalue weighted by atomic mass is 9.76. The molecule has 0 aromatic heterocycles. The molecule has 0 radical (unpaired) electrons. The summed E-state index contributed by atoms with van der Waals surface area (Å²) in [5.41, 5.74) is 3.31. The second-order valence-corrected chi connectivity index (χ2v) is 6.11. The maximum atomic E-state index is 12.3. The molecule has 0 saturated heterocycles. The summed E-state index contributed by atoms with van der Waals surface area (Å²) in [6.07, 6.45) is -0.431. The summed E-state index contributed by atoms with van der Waals surface area (Å²) in [5, 5.41) is 14.4. The van der Waals surface area contributed by atoms with Gasteiger partial charge in [-0.15, -0.1) is 0 Å². The Morgan fingerprint density at radius 3 is 2.74 bits per heavy atom. The summed E-state index contributed by atoms with van der Waals surface area (Å²) in [5.74, 6) is -0.591. The summed E-state index contributed by atoms with van der Waals surface area (Å²) in [7, 11) is 0. The minimum absolute atomic E-state index is 0.102. The highest BCUT2D eigenvalue weighted by molar-refractivity contribution is 5.79. The molecule has 0 saturated carbocycles. The third kappa shape index (κ3) is 1.89. The van der Waals surface area contributed by atoms with Crippen molar-refractivity contribution >= 4 is 5.97 Å². The lowest BCUT2D eigenvalue weighted by Gasteiger charge is -2.40. The van der Waals surface area contributed by atoms with E-state index in [2.05, 4.69) is 17.4 Å². The molecule has 118 valence electrons. The van der Waals surface area contributed by atoms with Gasteiger partial charge in [-0.2, -0.15) is 0 Å². The van der Waals surface area contributed by atoms with E-state index in [0.29, 0.717) is 0 Å². The Balaban J connectivity index is 1.95. The fraction of sp³-hybridized carbons (Fsp3) is 0.316. The Bertz CT molecular complexity index is 760. The molecule has 0 fully saturated rings. The highest BCUT2D eigenvalue weighted by Crippen LogP contribution is 2.50. The number of ether oxygens (including phenoxy) is 1. The molecule has 0 aliphatic carbocycles. The average molecular weight is 309 g/mol. The SMILES string of the molecule is CCOC(=O)[C@H](O)[C@]12N[C@H](Cc3ccccc31)c1ccccc12. The molecule has 2 N–H and O–H groups in total. The molecule has 2 heterocycles. The molecule has 0 spiro atoms. The highest BCUT2D eigenvalue weighted by atomic mass is 16.5. The van der Waals surface area contributed by atoms with E-state index in [1.165, 1.54) is 0 Å². The van der Waals surface area contributed by atoms with Gasteiger partial charge in [0.15, 0.2) is 6.10 Å². The summed E-state index contributed by atoms with van der Waals surface area (Å²) < 4.78 is 5.10. The fourth-order valence-corrected chi connectivity index (χ4v) is 4.05. The maximum absolute atomic E-state index is 12.3. The first-order chi connectivity index (χ1) is 11.2. The van der Waals surface area contributed by atoms with Gasteiger partial charge in [0, 0.05) is 6.04 Å². The Morgan fingerprint density at radius 1 is 1.26 bits per heavy atom. The van der Waals surface area contributed by atoms with Crippen molar-refractivity contribution in [3.8, 4) is 0 Å². The zero-order chi connectivity index (χ0) is 16.0. The van der Waals surface area contributed by atoms with Crippen molar-refractivity contribution in [3.63, 3.8) is 0 Å². The van der Waals surface area contributed by atoms with Crippen LogP contribution >= 0.6 is 0 Å². The van der Waals surface area contributed by atoms with E-state index in [4.69, 9.17) is 4.74 Å². The molecule has 2 bridgehead atoms. The molecular weight excluding hydrogens is 290 g/mol. The summed E-state index contributed by atoms with van der Waals surface area (Å²) in [4.78, 5) is 12.3. The van der Waals surface area contributed by atoms with Gasteiger partial charge in [0.2, 0.25) is 0 Å². The molecule has 2 aliphatic rings. The van der Waals surface area contributed by atoms with E-state index in [9.17, 15) is 9.90 Å². The van der Waals surface area contributed by atoms with Crippen LogP contribution in [0.2, 0.25) is 0 Å². The second-order valence-electron chi connectivity index (χ2n) is 6.11. The molecule has 4 rings (SSSR count). The number of aliphatic hydroxyl groups excluding tert-OH is 1. The molecular formula is C19H19NO3. The van der Waals surface area contributed by atoms with Gasteiger partial charge in [0.25, 0.3) is 0 Å². The largest absolute Gasteiger partial charge is 0.464 e. The van der Waals surface area contributed by atoms with Gasteiger partial charge in [-0.25, -0.2) is 4.79 Å². The van der Waals surface area contributed by atoms with E-state index in [1.807, 2.05) is 36.4 Å². The number of esters is 1. The molecule has 4 heteroatoms. The molecule has 2 aliphatic heterocycles. The Hall–Kier alpha value is -2.17. The Kier molecular flexibility index (Phi) is 3.25. The van der Waals surface area contributed by atoms with Crippen LogP contribution < -0.4 is 5.32 Å². The first-order valence-electron chi connectivity index (χ1n) is 7.98. The van der Waals surface area contributed by atoms with E-state index in [0.717, 1.165) is 28.7 Å². The standard InChI is InChI=1S/C19H19NO3/c1-2-23-18(22)17(21)19-14-9-5-3-7-12(14)11-16(20-19)13-8-4-6-10-15(13)19/h3-10,16-17,20-21H,2,11H2,1H3/t16-,17+,19+/m1/s1. The van der Waals surface area contributed by atoms with Crippen molar-refractivity contribution in [2.75, 3.05) is 6.61 Å². The summed E-state index contributed by atoms with van der Waals surface area (Å²) in [6.45, 7) is 1.99. The zero-order valence-corrected chi connectivity index (χ0v) is 13.0. The molecule has 23 heavy (non-hydrogen) atoms. The van der Waals surface area contributed by atoms with E-state index in [-0.39, 0.29) is 12.6 Å². The smallest absolute Gasteiger partial charge is 0.337 e. The van der Waals surface area contributed by atoms with Crippen molar-refractivity contribution in [2.24, 2.45) is 0 Å². The maximum Gasteiger partial charge on any atom is 0.337 e. The Labute approximate surface area is 135 Å². The van der Waals surface area contributed by atoms with E-state index < -0.39 is 17.6 Å². The van der Waals surface area contributed by atoms with Crippen LogP contribution in [-0.4, -0.2) is 23.8 Å². The van der Waals surface area contributed by atoms with Gasteiger partial charge in [0.05, 0.1) is 6.61 Å². The van der Waals surface area contributed by atoms with Gasteiger partial charge in [-0.05, 0) is 35.6 Å². The third-order valence-corrected chi connectivity index (χ3v) is 4.95. The van der Waals surface area contributed by atoms with Gasteiger partial charge < -0.3 is 9.84 Å². The van der Waals surface area contributed by atoms with Crippen molar-refractivity contribution in [1.29, 1.82) is 0 Å². The Morgan fingerprint density at radius 2 is 1.96 bits per heavy atom. The van der Waals surface area contributed by atoms with Crippen molar-refractivity contribution in [1.82, 2.24) is 5.32 Å². The third-order valence-electron chi connectivity index (χ3n) is 4.95. The van der Waals surface area contributed by atoms with Crippen LogP contribution in [0.5, 0.6) is 0 Å². The molecule has 0 amide bonds. The minimum Gasteiger partial charge on any atom is -0.464 e. The lowest BCUT2D eigenvalue weighted by molar-refractivity contribution is -0.157. The molecule has 0 unspecified atom stereocenters. The number of aliphatic hydroxyl groups is 1. The second kappa shape index (κ2) is 5.18. The van der Waals surface area contributed by atoms with E-state index >= 15 is 0 Å². The van der Waals surface area contributed by atoms with Crippen LogP contribution in [0.15, 0.2) is 48.5 Å². The van der Waals surface area contributed by atoms with Crippen LogP contribution in [0.3, 0.4) is 0 Å². The predicted molar refractivity (Wildman–Crippen MR) is 85.9 cm³/mol. The van der Waals surface area contributed by atoms with Gasteiger partial charge in [0.1, 0.15) is 5.54 Å². The quantitative estimate of drug-likeness (QED) is 0.852. The number of hydrogen-bond donors (Lipinski definition) is 2. The number of carbonyl (C=O) groups excluding carboxylic acids is 1. The number of benzene rings is 2. The predicted octanol–water partition coefficient (Wildman–Crippen LogP) is 2.05. The van der Waals surface area contributed by atoms with Crippen LogP contribution in [0.4, 0.5) is 0 Å². The molecule has 2 aromatic carbocycles. The number of rotatable bonds is 3. The van der Waals surface area contributed by atoms with E-state index in [1.54, 1.807) is 6.92 Å². The molecule has 2 aromatic rings. The van der Waals surface area contributed by atoms with Gasteiger partial charge >= 0.3 is 5.97 Å². The van der Waals surface area contributed by atoms with Gasteiger partial charge in [-0.1, -0.05) is 48.5 Å². The number of carbonyl (C=O) groups is 1. The molecule has 3 atom stereocenters. The first kappa shape index (κ1) is 14.4. The number of fused-ring (bicyclic) bond motifs is 7. The van der Waals surface area contributed by atoms with Crippen molar-refractivity contribution in [3.05, 3.63) is 70.8 Å². The first-order valence-corrected chi connectivity index (χ1v) is 7.98. The van der Waals surface area contributed by atoms with Crippen molar-refractivity contribution in [2.45, 2.75) is 31.0 Å². The molecule has 4 nitrogen and oxygen atoms in total. The average Bonchev–Trinajstić information content (AvgIpc) is 2.86. The number of nitrogens with one attached hydrogen (secondary N) is 1.